The second-order valence-electron chi connectivity index (χ2n) is 4.33. The molecule has 0 saturated heterocycles. The van der Waals surface area contributed by atoms with E-state index in [-0.39, 0.29) is 5.92 Å². The van der Waals surface area contributed by atoms with Crippen molar-refractivity contribution in [2.75, 3.05) is 11.0 Å². The van der Waals surface area contributed by atoms with Gasteiger partial charge in [0.05, 0.1) is 17.5 Å². The Labute approximate surface area is 104 Å². The number of benzene rings is 1. The van der Waals surface area contributed by atoms with E-state index in [0.717, 1.165) is 18.4 Å². The van der Waals surface area contributed by atoms with Crippen LogP contribution < -0.4 is 4.72 Å². The molecule has 0 bridgehead atoms. The Kier molecular flexibility index (Phi) is 3.95. The van der Waals surface area contributed by atoms with Crippen LogP contribution >= 0.6 is 0 Å². The normalized spacial score (nSPS) is 12.8. The third-order valence-electron chi connectivity index (χ3n) is 2.31. The minimum atomic E-state index is -4.60. The highest BCUT2D eigenvalue weighted by molar-refractivity contribution is 7.92. The summed E-state index contributed by atoms with van der Waals surface area (Å²) >= 11 is 0. The predicted octanol–water partition coefficient (Wildman–Crippen LogP) is 3.20. The van der Waals surface area contributed by atoms with Crippen LogP contribution in [0.1, 0.15) is 30.9 Å². The zero-order valence-electron chi connectivity index (χ0n) is 10.2. The van der Waals surface area contributed by atoms with E-state index in [4.69, 9.17) is 0 Å². The van der Waals surface area contributed by atoms with Gasteiger partial charge in [-0.1, -0.05) is 19.9 Å². The van der Waals surface area contributed by atoms with Gasteiger partial charge in [-0.3, -0.25) is 4.72 Å². The number of halogens is 3. The molecule has 0 amide bonds. The van der Waals surface area contributed by atoms with Gasteiger partial charge in [0.15, 0.2) is 0 Å². The number of hydrogen-bond acceptors (Lipinski definition) is 2. The minimum absolute atomic E-state index is 0.0709. The zero-order valence-corrected chi connectivity index (χ0v) is 11.0. The molecule has 0 unspecified atom stereocenters. The molecular formula is C11H14F3NO2S. The van der Waals surface area contributed by atoms with Crippen molar-refractivity contribution in [3.05, 3.63) is 29.3 Å². The van der Waals surface area contributed by atoms with Crippen LogP contribution in [0.15, 0.2) is 18.2 Å². The first-order chi connectivity index (χ1) is 8.00. The lowest BCUT2D eigenvalue weighted by atomic mass is 9.99. The SMILES string of the molecule is CC(C)c1ccc(NS(C)(=O)=O)c(C(F)(F)F)c1. The Hall–Kier alpha value is -1.24. The fourth-order valence-electron chi connectivity index (χ4n) is 1.44. The van der Waals surface area contributed by atoms with Gasteiger partial charge in [0.2, 0.25) is 10.0 Å². The van der Waals surface area contributed by atoms with E-state index in [1.807, 2.05) is 4.72 Å². The Morgan fingerprint density at radius 3 is 2.17 bits per heavy atom. The molecule has 0 heterocycles. The zero-order chi connectivity index (χ0) is 14.1. The Balaban J connectivity index is 3.35. The summed E-state index contributed by atoms with van der Waals surface area (Å²) in [5.41, 5.74) is -0.921. The lowest BCUT2D eigenvalue weighted by Gasteiger charge is -2.16. The van der Waals surface area contributed by atoms with Crippen molar-refractivity contribution in [3.63, 3.8) is 0 Å². The smallest absolute Gasteiger partial charge is 0.283 e. The summed E-state index contributed by atoms with van der Waals surface area (Å²) in [5.74, 6) is -0.0709. The fourth-order valence-corrected chi connectivity index (χ4v) is 2.02. The Morgan fingerprint density at radius 1 is 1.22 bits per heavy atom. The van der Waals surface area contributed by atoms with Crippen LogP contribution in [0.25, 0.3) is 0 Å². The average molecular weight is 281 g/mol. The number of nitrogens with one attached hydrogen (secondary N) is 1. The van der Waals surface area contributed by atoms with Crippen LogP contribution in [0.3, 0.4) is 0 Å². The highest BCUT2D eigenvalue weighted by atomic mass is 32.2. The number of anilines is 1. The molecular weight excluding hydrogens is 267 g/mol. The molecule has 0 spiro atoms. The van der Waals surface area contributed by atoms with Crippen LogP contribution in [-0.4, -0.2) is 14.7 Å². The molecule has 1 rings (SSSR count). The summed E-state index contributed by atoms with van der Waals surface area (Å²) in [5, 5.41) is 0. The van der Waals surface area contributed by atoms with Crippen LogP contribution in [0.4, 0.5) is 18.9 Å². The molecule has 0 aliphatic carbocycles. The second-order valence-corrected chi connectivity index (χ2v) is 6.08. The lowest BCUT2D eigenvalue weighted by Crippen LogP contribution is -2.16. The molecule has 1 aromatic rings. The van der Waals surface area contributed by atoms with Crippen molar-refractivity contribution >= 4 is 15.7 Å². The van der Waals surface area contributed by atoms with E-state index in [2.05, 4.69) is 0 Å². The molecule has 3 nitrogen and oxygen atoms in total. The number of rotatable bonds is 3. The highest BCUT2D eigenvalue weighted by Gasteiger charge is 2.34. The van der Waals surface area contributed by atoms with Crippen molar-refractivity contribution in [2.45, 2.75) is 25.9 Å². The highest BCUT2D eigenvalue weighted by Crippen LogP contribution is 2.36. The molecule has 0 fully saturated rings. The van der Waals surface area contributed by atoms with Gasteiger partial charge in [-0.05, 0) is 23.6 Å². The predicted molar refractivity (Wildman–Crippen MR) is 64.0 cm³/mol. The van der Waals surface area contributed by atoms with Gasteiger partial charge in [-0.15, -0.1) is 0 Å². The van der Waals surface area contributed by atoms with Gasteiger partial charge in [0.1, 0.15) is 0 Å². The van der Waals surface area contributed by atoms with Crippen LogP contribution in [0.2, 0.25) is 0 Å². The van der Waals surface area contributed by atoms with E-state index in [1.54, 1.807) is 13.8 Å². The van der Waals surface area contributed by atoms with Crippen molar-refractivity contribution in [3.8, 4) is 0 Å². The molecule has 7 heteroatoms. The number of alkyl halides is 3. The van der Waals surface area contributed by atoms with Gasteiger partial charge >= 0.3 is 6.18 Å². The van der Waals surface area contributed by atoms with Crippen molar-refractivity contribution in [1.82, 2.24) is 0 Å². The number of sulfonamides is 1. The molecule has 102 valence electrons. The first-order valence-corrected chi connectivity index (χ1v) is 7.09. The number of hydrogen-bond donors (Lipinski definition) is 1. The molecule has 0 aliphatic rings. The average Bonchev–Trinajstić information content (AvgIpc) is 2.13. The maximum atomic E-state index is 12.8. The molecule has 1 aromatic carbocycles. The molecule has 0 aliphatic heterocycles. The fraction of sp³-hybridized carbons (Fsp3) is 0.455. The van der Waals surface area contributed by atoms with E-state index in [0.29, 0.717) is 5.56 Å². The maximum Gasteiger partial charge on any atom is 0.418 e. The monoisotopic (exact) mass is 281 g/mol. The largest absolute Gasteiger partial charge is 0.418 e. The van der Waals surface area contributed by atoms with E-state index < -0.39 is 27.5 Å². The minimum Gasteiger partial charge on any atom is -0.283 e. The summed E-state index contributed by atoms with van der Waals surface area (Å²) in [6, 6.07) is 3.59. The molecule has 0 atom stereocenters. The molecule has 0 aromatic heterocycles. The van der Waals surface area contributed by atoms with Gasteiger partial charge in [-0.2, -0.15) is 13.2 Å². The summed E-state index contributed by atoms with van der Waals surface area (Å²) in [6.45, 7) is 3.53. The standard InChI is InChI=1S/C11H14F3NO2S/c1-7(2)8-4-5-10(15-18(3,16)17)9(6-8)11(12,13)14/h4-7,15H,1-3H3. The summed E-state index contributed by atoms with van der Waals surface area (Å²) in [4.78, 5) is 0. The van der Waals surface area contributed by atoms with Crippen molar-refractivity contribution in [1.29, 1.82) is 0 Å². The molecule has 18 heavy (non-hydrogen) atoms. The third kappa shape index (κ3) is 3.90. The van der Waals surface area contributed by atoms with Gasteiger partial charge in [0.25, 0.3) is 0 Å². The first kappa shape index (κ1) is 14.8. The second kappa shape index (κ2) is 4.79. The van der Waals surface area contributed by atoms with Gasteiger partial charge in [-0.25, -0.2) is 8.42 Å². The van der Waals surface area contributed by atoms with Gasteiger partial charge in [0, 0.05) is 0 Å². The quantitative estimate of drug-likeness (QED) is 0.924. The lowest BCUT2D eigenvalue weighted by molar-refractivity contribution is -0.136. The van der Waals surface area contributed by atoms with Crippen LogP contribution in [0.5, 0.6) is 0 Å². The van der Waals surface area contributed by atoms with E-state index in [9.17, 15) is 21.6 Å². The Bertz CT molecular complexity index is 536. The third-order valence-corrected chi connectivity index (χ3v) is 2.90. The van der Waals surface area contributed by atoms with Crippen LogP contribution in [-0.2, 0) is 16.2 Å². The molecule has 0 saturated carbocycles. The summed E-state index contributed by atoms with van der Waals surface area (Å²) in [7, 11) is -3.74. The topological polar surface area (TPSA) is 46.2 Å². The first-order valence-electron chi connectivity index (χ1n) is 5.19. The van der Waals surface area contributed by atoms with Crippen molar-refractivity contribution < 1.29 is 21.6 Å². The summed E-state index contributed by atoms with van der Waals surface area (Å²) < 4.78 is 62.4. The van der Waals surface area contributed by atoms with E-state index in [1.165, 1.54) is 6.07 Å². The Morgan fingerprint density at radius 2 is 1.78 bits per heavy atom. The molecule has 0 radical (unpaired) electrons. The van der Waals surface area contributed by atoms with E-state index >= 15 is 0 Å². The molecule has 1 N–H and O–H groups in total. The van der Waals surface area contributed by atoms with Gasteiger partial charge < -0.3 is 0 Å². The van der Waals surface area contributed by atoms with Crippen molar-refractivity contribution in [2.24, 2.45) is 0 Å². The van der Waals surface area contributed by atoms with Crippen LogP contribution in [0, 0.1) is 0 Å². The maximum absolute atomic E-state index is 12.8. The summed E-state index contributed by atoms with van der Waals surface area (Å²) in [6.07, 6.45) is -3.79.